The fourth-order valence-corrected chi connectivity index (χ4v) is 3.52. The summed E-state index contributed by atoms with van der Waals surface area (Å²) in [5.74, 6) is -0.911. The van der Waals surface area contributed by atoms with E-state index < -0.39 is 29.9 Å². The molecule has 2 amide bonds. The summed E-state index contributed by atoms with van der Waals surface area (Å²) in [5, 5.41) is 9.49. The molecule has 0 spiro atoms. The van der Waals surface area contributed by atoms with Gasteiger partial charge in [-0.25, -0.2) is 14.5 Å². The van der Waals surface area contributed by atoms with Crippen LogP contribution in [0.25, 0.3) is 0 Å². The van der Waals surface area contributed by atoms with Gasteiger partial charge < -0.3 is 19.3 Å². The van der Waals surface area contributed by atoms with Crippen LogP contribution < -0.4 is 9.47 Å². The number of imide groups is 1. The van der Waals surface area contributed by atoms with Crippen molar-refractivity contribution >= 4 is 18.0 Å². The Labute approximate surface area is 174 Å². The van der Waals surface area contributed by atoms with Crippen LogP contribution in [0.5, 0.6) is 11.5 Å². The topological polar surface area (TPSA) is 102 Å². The van der Waals surface area contributed by atoms with E-state index >= 15 is 0 Å². The van der Waals surface area contributed by atoms with Gasteiger partial charge in [-0.05, 0) is 36.1 Å². The Bertz CT molecular complexity index is 906. The van der Waals surface area contributed by atoms with Gasteiger partial charge in [0.05, 0.1) is 14.2 Å². The van der Waals surface area contributed by atoms with Gasteiger partial charge in [-0.15, -0.1) is 0 Å². The summed E-state index contributed by atoms with van der Waals surface area (Å²) in [6.07, 6.45) is -1.16. The molecule has 8 heteroatoms. The van der Waals surface area contributed by atoms with E-state index in [-0.39, 0.29) is 19.4 Å². The van der Waals surface area contributed by atoms with Crippen LogP contribution in [0.15, 0.2) is 48.5 Å². The van der Waals surface area contributed by atoms with Crippen LogP contribution >= 0.6 is 0 Å². The zero-order valence-electron chi connectivity index (χ0n) is 16.7. The molecule has 30 heavy (non-hydrogen) atoms. The minimum atomic E-state index is -1.47. The van der Waals surface area contributed by atoms with Crippen LogP contribution in [0.3, 0.4) is 0 Å². The number of carbonyl (C=O) groups excluding carboxylic acids is 2. The largest absolute Gasteiger partial charge is 0.497 e. The lowest BCUT2D eigenvalue weighted by atomic mass is 9.96. The second-order valence-electron chi connectivity index (χ2n) is 6.96. The Morgan fingerprint density at radius 2 is 1.67 bits per heavy atom. The number of likely N-dealkylation sites (tertiary alicyclic amines) is 1. The number of hydrogen-bond donors (Lipinski definition) is 1. The molecule has 0 aliphatic carbocycles. The highest BCUT2D eigenvalue weighted by molar-refractivity contribution is 6.00. The third-order valence-electron chi connectivity index (χ3n) is 5.00. The van der Waals surface area contributed by atoms with E-state index in [1.54, 1.807) is 30.3 Å². The maximum absolute atomic E-state index is 12.7. The van der Waals surface area contributed by atoms with Crippen LogP contribution in [0.1, 0.15) is 17.5 Å². The lowest BCUT2D eigenvalue weighted by Crippen LogP contribution is -2.43. The van der Waals surface area contributed by atoms with Crippen molar-refractivity contribution in [3.05, 3.63) is 59.7 Å². The Balaban J connectivity index is 1.74. The molecule has 1 saturated heterocycles. The second-order valence-corrected chi connectivity index (χ2v) is 6.96. The first-order chi connectivity index (χ1) is 14.4. The molecule has 0 aromatic heterocycles. The summed E-state index contributed by atoms with van der Waals surface area (Å²) in [5.41, 5.74) is 1.52. The van der Waals surface area contributed by atoms with Gasteiger partial charge >= 0.3 is 12.1 Å². The van der Waals surface area contributed by atoms with E-state index in [9.17, 15) is 19.5 Å². The Hall–Kier alpha value is -3.55. The summed E-state index contributed by atoms with van der Waals surface area (Å²) in [7, 11) is 3.04. The van der Waals surface area contributed by atoms with E-state index in [2.05, 4.69) is 0 Å². The predicted octanol–water partition coefficient (Wildman–Crippen LogP) is 2.88. The second kappa shape index (κ2) is 9.30. The minimum Gasteiger partial charge on any atom is -0.497 e. The molecular weight excluding hydrogens is 390 g/mol. The lowest BCUT2D eigenvalue weighted by molar-refractivity contribution is -0.152. The number of carbonyl (C=O) groups is 3. The molecule has 2 atom stereocenters. The molecule has 2 aromatic carbocycles. The highest BCUT2D eigenvalue weighted by atomic mass is 16.5. The monoisotopic (exact) mass is 413 g/mol. The number of benzene rings is 2. The van der Waals surface area contributed by atoms with Crippen molar-refractivity contribution in [2.24, 2.45) is 5.92 Å². The number of nitrogens with zero attached hydrogens (tertiary/aromatic N) is 1. The fourth-order valence-electron chi connectivity index (χ4n) is 3.52. The van der Waals surface area contributed by atoms with Gasteiger partial charge in [0.25, 0.3) is 0 Å². The van der Waals surface area contributed by atoms with E-state index in [1.165, 1.54) is 14.2 Å². The van der Waals surface area contributed by atoms with Crippen LogP contribution in [0.4, 0.5) is 4.79 Å². The summed E-state index contributed by atoms with van der Waals surface area (Å²) < 4.78 is 15.8. The number of amides is 2. The number of rotatable bonds is 7. The zero-order chi connectivity index (χ0) is 21.7. The highest BCUT2D eigenvalue weighted by Crippen LogP contribution is 2.31. The van der Waals surface area contributed by atoms with Gasteiger partial charge in [0.1, 0.15) is 24.1 Å². The summed E-state index contributed by atoms with van der Waals surface area (Å²) >= 11 is 0. The molecule has 1 heterocycles. The summed E-state index contributed by atoms with van der Waals surface area (Å²) in [4.78, 5) is 37.5. The number of carboxylic acid groups (broad SMARTS) is 1. The molecule has 0 bridgehead atoms. The van der Waals surface area contributed by atoms with Crippen molar-refractivity contribution in [1.29, 1.82) is 0 Å². The maximum atomic E-state index is 12.7. The number of esters is 1. The smallest absolute Gasteiger partial charge is 0.414 e. The molecular formula is C22H23NO7. The van der Waals surface area contributed by atoms with Crippen LogP contribution in [0.2, 0.25) is 0 Å². The van der Waals surface area contributed by atoms with Gasteiger partial charge in [0, 0.05) is 12.0 Å². The first kappa shape index (κ1) is 21.2. The average molecular weight is 413 g/mol. The van der Waals surface area contributed by atoms with Crippen molar-refractivity contribution < 1.29 is 33.7 Å². The Morgan fingerprint density at radius 3 is 2.23 bits per heavy atom. The fraction of sp³-hybridized carbons (Fsp3) is 0.318. The molecule has 158 valence electrons. The SMILES string of the molecule is COc1cc(C[C@H]2C[C@H](C(=O)OCc3ccccc3)N(C(=O)O)C2=O)cc(OC)c1. The molecule has 1 aliphatic heterocycles. The number of methoxy groups -OCH3 is 2. The zero-order valence-corrected chi connectivity index (χ0v) is 16.7. The number of ether oxygens (including phenoxy) is 3. The maximum Gasteiger partial charge on any atom is 0.414 e. The van der Waals surface area contributed by atoms with Crippen LogP contribution in [-0.2, 0) is 27.4 Å². The van der Waals surface area contributed by atoms with E-state index in [4.69, 9.17) is 14.2 Å². The lowest BCUT2D eigenvalue weighted by Gasteiger charge is -2.18. The van der Waals surface area contributed by atoms with Gasteiger partial charge in [0.15, 0.2) is 0 Å². The first-order valence-corrected chi connectivity index (χ1v) is 9.41. The van der Waals surface area contributed by atoms with Gasteiger partial charge in [-0.3, -0.25) is 4.79 Å². The minimum absolute atomic E-state index is 0.00950. The van der Waals surface area contributed by atoms with Crippen molar-refractivity contribution in [3.8, 4) is 11.5 Å². The summed E-state index contributed by atoms with van der Waals surface area (Å²) in [6, 6.07) is 13.1. The van der Waals surface area contributed by atoms with Crippen LogP contribution in [-0.4, -0.2) is 48.2 Å². The van der Waals surface area contributed by atoms with Crippen molar-refractivity contribution in [2.75, 3.05) is 14.2 Å². The first-order valence-electron chi connectivity index (χ1n) is 9.41. The third-order valence-corrected chi connectivity index (χ3v) is 5.00. The van der Waals surface area contributed by atoms with E-state index in [0.717, 1.165) is 11.1 Å². The molecule has 0 saturated carbocycles. The molecule has 1 aliphatic rings. The standard InChI is InChI=1S/C22H23NO7/c1-28-17-9-15(10-18(12-17)29-2)8-16-11-19(23(20(16)24)22(26)27)21(25)30-13-14-6-4-3-5-7-14/h3-7,9-10,12,16,19H,8,11,13H2,1-2H3,(H,26,27)/t16-,19+/m0/s1. The molecule has 1 fully saturated rings. The molecule has 2 aromatic rings. The van der Waals surface area contributed by atoms with Crippen molar-refractivity contribution in [1.82, 2.24) is 4.90 Å². The molecule has 0 radical (unpaired) electrons. The highest BCUT2D eigenvalue weighted by Gasteiger charge is 2.47. The van der Waals surface area contributed by atoms with Gasteiger partial charge in [0.2, 0.25) is 5.91 Å². The summed E-state index contributed by atoms with van der Waals surface area (Å²) in [6.45, 7) is 0.00950. The average Bonchev–Trinajstić information content (AvgIpc) is 3.08. The van der Waals surface area contributed by atoms with E-state index in [1.807, 2.05) is 18.2 Å². The third kappa shape index (κ3) is 4.71. The Kier molecular flexibility index (Phi) is 6.56. The molecule has 0 unspecified atom stereocenters. The quantitative estimate of drug-likeness (QED) is 0.696. The molecule has 1 N–H and O–H groups in total. The molecule has 3 rings (SSSR count). The number of hydrogen-bond acceptors (Lipinski definition) is 6. The van der Waals surface area contributed by atoms with Gasteiger partial charge in [-0.1, -0.05) is 30.3 Å². The molecule has 8 nitrogen and oxygen atoms in total. The van der Waals surface area contributed by atoms with Crippen LogP contribution in [0, 0.1) is 5.92 Å². The van der Waals surface area contributed by atoms with Gasteiger partial charge in [-0.2, -0.15) is 0 Å². The van der Waals surface area contributed by atoms with Crippen molar-refractivity contribution in [3.63, 3.8) is 0 Å². The Morgan fingerprint density at radius 1 is 1.03 bits per heavy atom. The normalized spacial score (nSPS) is 18.2. The van der Waals surface area contributed by atoms with E-state index in [0.29, 0.717) is 16.4 Å². The predicted molar refractivity (Wildman–Crippen MR) is 106 cm³/mol. The van der Waals surface area contributed by atoms with Crippen molar-refractivity contribution in [2.45, 2.75) is 25.5 Å².